The van der Waals surface area contributed by atoms with Crippen LogP contribution in [0.5, 0.6) is 0 Å². The van der Waals surface area contributed by atoms with Crippen LogP contribution in [0.4, 0.5) is 0 Å². The molecule has 0 unspecified atom stereocenters. The number of hydrogen-bond acceptors (Lipinski definition) is 4. The zero-order valence-electron chi connectivity index (χ0n) is 16.3. The summed E-state index contributed by atoms with van der Waals surface area (Å²) < 4.78 is 7.43. The summed E-state index contributed by atoms with van der Waals surface area (Å²) in [6.45, 7) is 10.9. The molecule has 0 aliphatic rings. The van der Waals surface area contributed by atoms with Crippen LogP contribution in [0.2, 0.25) is 0 Å². The lowest BCUT2D eigenvalue weighted by molar-refractivity contribution is 0.0932. The maximum absolute atomic E-state index is 12.6. The van der Waals surface area contributed by atoms with Crippen LogP contribution in [0.1, 0.15) is 68.5 Å². The first kappa shape index (κ1) is 19.2. The molecular weight excluding hydrogens is 316 g/mol. The summed E-state index contributed by atoms with van der Waals surface area (Å²) in [6, 6.07) is 5.64. The lowest BCUT2D eigenvalue weighted by atomic mass is 10.1. The quantitative estimate of drug-likeness (QED) is 0.871. The SMILES string of the molecule is CC(C)c1cc(C(=O)NC[C@H](c2ccco2)N(C)C)nn1C(C)(C)C. The molecule has 0 aliphatic carbocycles. The molecule has 138 valence electrons. The summed E-state index contributed by atoms with van der Waals surface area (Å²) in [4.78, 5) is 14.6. The molecule has 1 amide bonds. The Morgan fingerprint density at radius 1 is 1.36 bits per heavy atom. The number of furan rings is 1. The summed E-state index contributed by atoms with van der Waals surface area (Å²) in [5, 5.41) is 7.54. The van der Waals surface area contributed by atoms with Gasteiger partial charge in [-0.25, -0.2) is 0 Å². The van der Waals surface area contributed by atoms with Gasteiger partial charge in [0.1, 0.15) is 11.5 Å². The fraction of sp³-hybridized carbons (Fsp3) is 0.579. The smallest absolute Gasteiger partial charge is 0.271 e. The third-order valence-electron chi connectivity index (χ3n) is 4.15. The molecule has 1 N–H and O–H groups in total. The van der Waals surface area contributed by atoms with Crippen LogP contribution in [0.25, 0.3) is 0 Å². The second kappa shape index (κ2) is 7.44. The van der Waals surface area contributed by atoms with Gasteiger partial charge in [0.2, 0.25) is 0 Å². The summed E-state index contributed by atoms with van der Waals surface area (Å²) in [6.07, 6.45) is 1.65. The van der Waals surface area contributed by atoms with Crippen molar-refractivity contribution in [2.45, 2.75) is 52.1 Å². The first-order valence-corrected chi connectivity index (χ1v) is 8.69. The monoisotopic (exact) mass is 346 g/mol. The number of carbonyl (C=O) groups excluding carboxylic acids is 1. The van der Waals surface area contributed by atoms with Crippen molar-refractivity contribution in [1.82, 2.24) is 20.0 Å². The van der Waals surface area contributed by atoms with Crippen molar-refractivity contribution in [2.24, 2.45) is 0 Å². The van der Waals surface area contributed by atoms with Crippen molar-refractivity contribution in [3.05, 3.63) is 41.6 Å². The molecule has 0 spiro atoms. The van der Waals surface area contributed by atoms with Gasteiger partial charge in [-0.15, -0.1) is 0 Å². The first-order chi connectivity index (χ1) is 11.6. The van der Waals surface area contributed by atoms with Gasteiger partial charge in [0.05, 0.1) is 17.8 Å². The number of likely N-dealkylation sites (N-methyl/N-ethyl adjacent to an activating group) is 1. The molecule has 0 saturated heterocycles. The molecule has 2 heterocycles. The van der Waals surface area contributed by atoms with Crippen LogP contribution in [0.3, 0.4) is 0 Å². The third kappa shape index (κ3) is 4.51. The van der Waals surface area contributed by atoms with E-state index in [0.717, 1.165) is 11.5 Å². The first-order valence-electron chi connectivity index (χ1n) is 8.69. The third-order valence-corrected chi connectivity index (χ3v) is 4.15. The van der Waals surface area contributed by atoms with E-state index in [1.54, 1.807) is 6.26 Å². The van der Waals surface area contributed by atoms with E-state index in [1.165, 1.54) is 0 Å². The number of nitrogens with zero attached hydrogens (tertiary/aromatic N) is 3. The van der Waals surface area contributed by atoms with Gasteiger partial charge in [-0.3, -0.25) is 14.4 Å². The minimum Gasteiger partial charge on any atom is -0.468 e. The Balaban J connectivity index is 2.15. The number of carbonyl (C=O) groups is 1. The van der Waals surface area contributed by atoms with E-state index in [1.807, 2.05) is 41.9 Å². The summed E-state index contributed by atoms with van der Waals surface area (Å²) in [7, 11) is 3.93. The summed E-state index contributed by atoms with van der Waals surface area (Å²) >= 11 is 0. The highest BCUT2D eigenvalue weighted by Gasteiger charge is 2.24. The van der Waals surface area contributed by atoms with Gasteiger partial charge < -0.3 is 9.73 Å². The minimum atomic E-state index is -0.168. The number of nitrogens with one attached hydrogen (secondary N) is 1. The Bertz CT molecular complexity index is 694. The second-order valence-electron chi connectivity index (χ2n) is 7.90. The highest BCUT2D eigenvalue weighted by atomic mass is 16.3. The highest BCUT2D eigenvalue weighted by Crippen LogP contribution is 2.24. The average molecular weight is 346 g/mol. The molecule has 6 heteroatoms. The van der Waals surface area contributed by atoms with Gasteiger partial charge >= 0.3 is 0 Å². The zero-order chi connectivity index (χ0) is 18.8. The van der Waals surface area contributed by atoms with Crippen LogP contribution in [0.15, 0.2) is 28.9 Å². The molecule has 2 aromatic heterocycles. The number of amides is 1. The van der Waals surface area contributed by atoms with Crippen LogP contribution in [-0.2, 0) is 5.54 Å². The summed E-state index contributed by atoms with van der Waals surface area (Å²) in [5.74, 6) is 0.961. The lowest BCUT2D eigenvalue weighted by Gasteiger charge is -2.23. The molecule has 1 atom stereocenters. The van der Waals surface area contributed by atoms with Crippen LogP contribution in [0, 0.1) is 0 Å². The molecule has 0 radical (unpaired) electrons. The van der Waals surface area contributed by atoms with E-state index >= 15 is 0 Å². The van der Waals surface area contributed by atoms with E-state index in [0.29, 0.717) is 18.2 Å². The minimum absolute atomic E-state index is 0.0202. The molecule has 2 rings (SSSR count). The largest absolute Gasteiger partial charge is 0.468 e. The van der Waals surface area contributed by atoms with Crippen LogP contribution in [-0.4, -0.2) is 41.2 Å². The van der Waals surface area contributed by atoms with E-state index in [-0.39, 0.29) is 17.5 Å². The normalized spacial score (nSPS) is 13.5. The topological polar surface area (TPSA) is 63.3 Å². The Hall–Kier alpha value is -2.08. The van der Waals surface area contributed by atoms with E-state index < -0.39 is 0 Å². The number of rotatable bonds is 6. The van der Waals surface area contributed by atoms with Gasteiger partial charge in [-0.1, -0.05) is 13.8 Å². The molecular formula is C19H30N4O2. The molecule has 0 saturated carbocycles. The van der Waals surface area contributed by atoms with Crippen LogP contribution >= 0.6 is 0 Å². The average Bonchev–Trinajstić information content (AvgIpc) is 3.15. The predicted molar refractivity (Wildman–Crippen MR) is 98.8 cm³/mol. The van der Waals surface area contributed by atoms with Crippen molar-refractivity contribution in [3.8, 4) is 0 Å². The van der Waals surface area contributed by atoms with Gasteiger partial charge in [-0.2, -0.15) is 5.10 Å². The Labute approximate surface area is 150 Å². The Morgan fingerprint density at radius 2 is 2.04 bits per heavy atom. The van der Waals surface area contributed by atoms with Gasteiger partial charge in [0, 0.05) is 12.2 Å². The van der Waals surface area contributed by atoms with Crippen molar-refractivity contribution in [1.29, 1.82) is 0 Å². The fourth-order valence-electron chi connectivity index (χ4n) is 2.75. The van der Waals surface area contributed by atoms with Gasteiger partial charge in [0.25, 0.3) is 5.91 Å². The van der Waals surface area contributed by atoms with Crippen LogP contribution < -0.4 is 5.32 Å². The van der Waals surface area contributed by atoms with Crippen molar-refractivity contribution >= 4 is 5.91 Å². The van der Waals surface area contributed by atoms with Crippen molar-refractivity contribution in [3.63, 3.8) is 0 Å². The van der Waals surface area contributed by atoms with E-state index in [2.05, 4.69) is 45.0 Å². The van der Waals surface area contributed by atoms with Gasteiger partial charge in [0.15, 0.2) is 0 Å². The molecule has 2 aromatic rings. The zero-order valence-corrected chi connectivity index (χ0v) is 16.3. The molecule has 0 fully saturated rings. The van der Waals surface area contributed by atoms with Gasteiger partial charge in [-0.05, 0) is 59.0 Å². The number of aromatic nitrogens is 2. The molecule has 0 aliphatic heterocycles. The van der Waals surface area contributed by atoms with E-state index in [9.17, 15) is 4.79 Å². The maximum Gasteiger partial charge on any atom is 0.271 e. The Morgan fingerprint density at radius 3 is 2.48 bits per heavy atom. The molecule has 0 bridgehead atoms. The Kier molecular flexibility index (Phi) is 5.72. The second-order valence-corrected chi connectivity index (χ2v) is 7.90. The number of hydrogen-bond donors (Lipinski definition) is 1. The lowest BCUT2D eigenvalue weighted by Crippen LogP contribution is -2.34. The van der Waals surface area contributed by atoms with E-state index in [4.69, 9.17) is 4.42 Å². The van der Waals surface area contributed by atoms with Crippen molar-refractivity contribution in [2.75, 3.05) is 20.6 Å². The maximum atomic E-state index is 12.6. The predicted octanol–water partition coefficient (Wildman–Crippen LogP) is 3.39. The summed E-state index contributed by atoms with van der Waals surface area (Å²) in [5.41, 5.74) is 1.35. The molecule has 6 nitrogen and oxygen atoms in total. The molecule has 0 aromatic carbocycles. The van der Waals surface area contributed by atoms with Crippen molar-refractivity contribution < 1.29 is 9.21 Å². The molecule has 25 heavy (non-hydrogen) atoms. The standard InChI is InChI=1S/C19H30N4O2/c1-13(2)15-11-14(21-23(15)19(3,4)5)18(24)20-12-16(22(6)7)17-9-8-10-25-17/h8-11,13,16H,12H2,1-7H3,(H,20,24)/t16-/m1/s1. The highest BCUT2D eigenvalue weighted by molar-refractivity contribution is 5.92. The fourth-order valence-corrected chi connectivity index (χ4v) is 2.75.